The van der Waals surface area contributed by atoms with Gasteiger partial charge in [0.15, 0.2) is 5.82 Å². The number of nitrogen functional groups attached to an aromatic ring is 1. The Bertz CT molecular complexity index is 1540. The van der Waals surface area contributed by atoms with Crippen molar-refractivity contribution in [1.82, 2.24) is 29.5 Å². The number of hydrogen-bond acceptors (Lipinski definition) is 9. The van der Waals surface area contributed by atoms with Crippen molar-refractivity contribution in [2.24, 2.45) is 0 Å². The van der Waals surface area contributed by atoms with Gasteiger partial charge in [-0.1, -0.05) is 0 Å². The van der Waals surface area contributed by atoms with Gasteiger partial charge in [0.25, 0.3) is 11.9 Å². The highest BCUT2D eigenvalue weighted by molar-refractivity contribution is 6.07. The molecule has 3 heterocycles. The van der Waals surface area contributed by atoms with Crippen LogP contribution in [0.2, 0.25) is 0 Å². The zero-order chi connectivity index (χ0) is 28.3. The fraction of sp³-hybridized carbons (Fsp3) is 0.333. The minimum Gasteiger partial charge on any atom is -0.497 e. The summed E-state index contributed by atoms with van der Waals surface area (Å²) in [6.45, 7) is 5.81. The number of nitrogens with two attached hydrogens (primary N) is 1. The molecule has 0 unspecified atom stereocenters. The summed E-state index contributed by atoms with van der Waals surface area (Å²) >= 11 is 0. The van der Waals surface area contributed by atoms with E-state index in [9.17, 15) is 4.79 Å². The lowest BCUT2D eigenvalue weighted by Gasteiger charge is -2.32. The van der Waals surface area contributed by atoms with Crippen molar-refractivity contribution in [3.63, 3.8) is 0 Å². The Morgan fingerprint density at radius 3 is 2.56 bits per heavy atom. The van der Waals surface area contributed by atoms with Crippen molar-refractivity contribution >= 4 is 17.4 Å². The van der Waals surface area contributed by atoms with E-state index in [1.165, 1.54) is 10.2 Å². The van der Waals surface area contributed by atoms with Crippen LogP contribution in [0.25, 0.3) is 17.2 Å². The maximum atomic E-state index is 13.1. The summed E-state index contributed by atoms with van der Waals surface area (Å²) in [5.41, 5.74) is 11.1. The van der Waals surface area contributed by atoms with Gasteiger partial charge in [-0.05, 0) is 73.5 Å². The van der Waals surface area contributed by atoms with Gasteiger partial charge in [0.1, 0.15) is 23.7 Å². The fourth-order valence-corrected chi connectivity index (χ4v) is 5.19. The average Bonchev–Trinajstić information content (AvgIpc) is 3.40. The van der Waals surface area contributed by atoms with Crippen LogP contribution < -0.4 is 20.5 Å². The zero-order valence-electron chi connectivity index (χ0n) is 23.3. The number of ether oxygens (including phenoxy) is 2. The Hall–Kier alpha value is -4.48. The summed E-state index contributed by atoms with van der Waals surface area (Å²) in [7, 11) is 3.81. The number of hydrogen-bond donors (Lipinski definition) is 2. The second kappa shape index (κ2) is 11.6. The molecule has 41 heavy (non-hydrogen) atoms. The average molecular weight is 555 g/mol. The number of anilines is 2. The van der Waals surface area contributed by atoms with Crippen LogP contribution >= 0.6 is 0 Å². The van der Waals surface area contributed by atoms with Crippen molar-refractivity contribution in [3.8, 4) is 28.7 Å². The number of nitrogens with zero attached hydrogens (tertiary/aromatic N) is 6. The molecular weight excluding hydrogens is 520 g/mol. The molecule has 3 N–H and O–H groups in total. The number of carbonyl (C=O) groups is 1. The first kappa shape index (κ1) is 26.7. The topological polar surface area (TPSA) is 124 Å². The second-order valence-electron chi connectivity index (χ2n) is 10.4. The lowest BCUT2D eigenvalue weighted by atomic mass is 9.90. The zero-order valence-corrected chi connectivity index (χ0v) is 23.3. The van der Waals surface area contributed by atoms with Crippen LogP contribution in [-0.4, -0.2) is 88.9 Å². The van der Waals surface area contributed by atoms with Crippen molar-refractivity contribution in [2.75, 3.05) is 64.5 Å². The normalized spacial score (nSPS) is 15.2. The van der Waals surface area contributed by atoms with Gasteiger partial charge in [-0.2, -0.15) is 0 Å². The summed E-state index contributed by atoms with van der Waals surface area (Å²) in [4.78, 5) is 27.1. The summed E-state index contributed by atoms with van der Waals surface area (Å²) in [5.74, 6) is 1.65. The van der Waals surface area contributed by atoms with Gasteiger partial charge < -0.3 is 25.4 Å². The van der Waals surface area contributed by atoms with Gasteiger partial charge in [-0.3, -0.25) is 9.69 Å². The molecule has 1 fully saturated rings. The number of likely N-dealkylation sites (N-methyl/N-ethyl adjacent to an activating group) is 1. The number of aromatic nitrogens is 4. The molecule has 0 saturated carbocycles. The minimum absolute atomic E-state index is 0.0952. The summed E-state index contributed by atoms with van der Waals surface area (Å²) in [5, 5.41) is 7.21. The maximum absolute atomic E-state index is 13.1. The first-order chi connectivity index (χ1) is 20.0. The first-order valence-electron chi connectivity index (χ1n) is 13.8. The molecule has 2 aromatic heterocycles. The Balaban J connectivity index is 1.10. The number of carbonyl (C=O) groups excluding carboxylic acids is 1. The maximum Gasteiger partial charge on any atom is 0.261 e. The minimum atomic E-state index is -0.368. The molecule has 0 bridgehead atoms. The SMILES string of the molecule is COc1ccc2c(c1)CCc1cnc(-n3cc(C(=O)Nc4ccc(OCCN5CCN(C)CC5)cc4)c(N)n3)nc1-2. The highest BCUT2D eigenvalue weighted by Crippen LogP contribution is 2.34. The summed E-state index contributed by atoms with van der Waals surface area (Å²) < 4.78 is 12.7. The number of amides is 1. The van der Waals surface area contributed by atoms with Crippen LogP contribution in [0.3, 0.4) is 0 Å². The monoisotopic (exact) mass is 554 g/mol. The van der Waals surface area contributed by atoms with Crippen LogP contribution in [0.5, 0.6) is 11.5 Å². The number of methoxy groups -OCH3 is 1. The first-order valence-corrected chi connectivity index (χ1v) is 13.8. The molecular formula is C30H34N8O3. The lowest BCUT2D eigenvalue weighted by Crippen LogP contribution is -2.45. The molecule has 1 amide bonds. The third-order valence-corrected chi connectivity index (χ3v) is 7.66. The van der Waals surface area contributed by atoms with Crippen LogP contribution in [0, 0.1) is 0 Å². The molecule has 11 heteroatoms. The number of rotatable bonds is 8. The van der Waals surface area contributed by atoms with Gasteiger partial charge in [0.05, 0.1) is 12.8 Å². The number of benzene rings is 2. The van der Waals surface area contributed by atoms with E-state index in [0.29, 0.717) is 18.2 Å². The quantitative estimate of drug-likeness (QED) is 0.338. The van der Waals surface area contributed by atoms with Gasteiger partial charge in [-0.15, -0.1) is 5.10 Å². The third kappa shape index (κ3) is 5.86. The molecule has 1 aliphatic carbocycles. The van der Waals surface area contributed by atoms with Gasteiger partial charge >= 0.3 is 0 Å². The van der Waals surface area contributed by atoms with Crippen molar-refractivity contribution in [3.05, 3.63) is 71.5 Å². The van der Waals surface area contributed by atoms with E-state index >= 15 is 0 Å². The van der Waals surface area contributed by atoms with Crippen molar-refractivity contribution < 1.29 is 14.3 Å². The number of fused-ring (bicyclic) bond motifs is 3. The largest absolute Gasteiger partial charge is 0.497 e. The van der Waals surface area contributed by atoms with E-state index in [1.807, 2.05) is 48.7 Å². The molecule has 0 atom stereocenters. The molecule has 1 aliphatic heterocycles. The highest BCUT2D eigenvalue weighted by Gasteiger charge is 2.22. The Kier molecular flexibility index (Phi) is 7.53. The Morgan fingerprint density at radius 1 is 1.02 bits per heavy atom. The third-order valence-electron chi connectivity index (χ3n) is 7.66. The second-order valence-corrected chi connectivity index (χ2v) is 10.4. The van der Waals surface area contributed by atoms with Gasteiger partial charge in [-0.25, -0.2) is 14.6 Å². The molecule has 4 aromatic rings. The standard InChI is InChI=1S/C30H34N8O3/c1-36-11-13-37(14-12-36)15-16-41-23-7-5-22(6-8-23)33-29(39)26-19-38(35-28(26)31)30-32-18-21-4-3-20-17-24(40-2)9-10-25(20)27(21)34-30/h5-10,17-19H,3-4,11-16H2,1-2H3,(H2,31,35)(H,33,39). The highest BCUT2D eigenvalue weighted by atomic mass is 16.5. The van der Waals surface area contributed by atoms with E-state index in [1.54, 1.807) is 13.3 Å². The van der Waals surface area contributed by atoms with Crippen LogP contribution in [0.15, 0.2) is 54.9 Å². The molecule has 0 radical (unpaired) electrons. The molecule has 212 valence electrons. The Morgan fingerprint density at radius 2 is 1.78 bits per heavy atom. The lowest BCUT2D eigenvalue weighted by molar-refractivity contribution is 0.102. The molecule has 6 rings (SSSR count). The van der Waals surface area contributed by atoms with Crippen LogP contribution in [-0.2, 0) is 12.8 Å². The number of piperazine rings is 1. The van der Waals surface area contributed by atoms with Crippen LogP contribution in [0.4, 0.5) is 11.5 Å². The molecule has 0 spiro atoms. The van der Waals surface area contributed by atoms with Crippen molar-refractivity contribution in [2.45, 2.75) is 12.8 Å². The van der Waals surface area contributed by atoms with E-state index in [2.05, 4.69) is 32.2 Å². The van der Waals surface area contributed by atoms with E-state index in [-0.39, 0.29) is 17.3 Å². The smallest absolute Gasteiger partial charge is 0.261 e. The van der Waals surface area contributed by atoms with Gasteiger partial charge in [0, 0.05) is 56.4 Å². The molecule has 2 aliphatic rings. The summed E-state index contributed by atoms with van der Waals surface area (Å²) in [6, 6.07) is 13.3. The summed E-state index contributed by atoms with van der Waals surface area (Å²) in [6.07, 6.45) is 5.10. The molecule has 11 nitrogen and oxygen atoms in total. The Labute approximate surface area is 238 Å². The number of nitrogens with one attached hydrogen (secondary N) is 1. The molecule has 2 aromatic carbocycles. The van der Waals surface area contributed by atoms with Crippen molar-refractivity contribution in [1.29, 1.82) is 0 Å². The van der Waals surface area contributed by atoms with E-state index in [0.717, 1.165) is 73.9 Å². The fourth-order valence-electron chi connectivity index (χ4n) is 5.19. The number of aryl methyl sites for hydroxylation is 2. The van der Waals surface area contributed by atoms with Gasteiger partial charge in [0.2, 0.25) is 0 Å². The van der Waals surface area contributed by atoms with E-state index in [4.69, 9.17) is 20.2 Å². The predicted molar refractivity (Wildman–Crippen MR) is 157 cm³/mol. The van der Waals surface area contributed by atoms with E-state index < -0.39 is 0 Å². The van der Waals surface area contributed by atoms with Crippen LogP contribution in [0.1, 0.15) is 21.5 Å². The molecule has 1 saturated heterocycles. The predicted octanol–water partition coefficient (Wildman–Crippen LogP) is 2.90.